The molecule has 2 rings (SSSR count). The normalized spacial score (nSPS) is 16.7. The topological polar surface area (TPSA) is 56.9 Å². The molecule has 1 aliphatic rings. The monoisotopic (exact) mass is 349 g/mol. The number of hydrogen-bond acceptors (Lipinski definition) is 4. The van der Waals surface area contributed by atoms with Gasteiger partial charge in [0, 0.05) is 51.9 Å². The number of piperazine rings is 1. The Morgan fingerprint density at radius 2 is 2.04 bits per heavy atom. The molecule has 0 aliphatic carbocycles. The number of aryl methyl sites for hydroxylation is 1. The van der Waals surface area contributed by atoms with Crippen molar-refractivity contribution in [1.82, 2.24) is 20.3 Å². The number of hydrogen-bond donors (Lipinski definition) is 1. The predicted molar refractivity (Wildman–Crippen MR) is 103 cm³/mol. The summed E-state index contributed by atoms with van der Waals surface area (Å²) in [6.45, 7) is 15.4. The van der Waals surface area contributed by atoms with Crippen molar-refractivity contribution in [2.24, 2.45) is 10.9 Å². The highest BCUT2D eigenvalue weighted by Gasteiger charge is 2.20. The number of aromatic nitrogens is 1. The summed E-state index contributed by atoms with van der Waals surface area (Å²) >= 11 is 0. The van der Waals surface area contributed by atoms with E-state index in [1.54, 1.807) is 0 Å². The van der Waals surface area contributed by atoms with Crippen LogP contribution in [-0.2, 0) is 6.54 Å². The van der Waals surface area contributed by atoms with Crippen LogP contribution in [0.25, 0.3) is 0 Å². The third kappa shape index (κ3) is 7.06. The van der Waals surface area contributed by atoms with Crippen molar-refractivity contribution in [1.29, 1.82) is 0 Å². The van der Waals surface area contributed by atoms with Crippen LogP contribution in [0.15, 0.2) is 15.6 Å². The van der Waals surface area contributed by atoms with Crippen molar-refractivity contribution in [2.45, 2.75) is 53.5 Å². The number of guanidine groups is 1. The fraction of sp³-hybridized carbons (Fsp3) is 0.789. The van der Waals surface area contributed by atoms with Crippen LogP contribution in [-0.4, -0.2) is 60.2 Å². The van der Waals surface area contributed by atoms with Gasteiger partial charge in [0.05, 0.1) is 5.69 Å². The quantitative estimate of drug-likeness (QED) is 0.444. The molecule has 0 bridgehead atoms. The highest BCUT2D eigenvalue weighted by Crippen LogP contribution is 2.10. The lowest BCUT2D eigenvalue weighted by Crippen LogP contribution is -2.52. The minimum Gasteiger partial charge on any atom is -0.361 e. The zero-order chi connectivity index (χ0) is 18.1. The third-order valence-corrected chi connectivity index (χ3v) is 4.52. The molecule has 1 N–H and O–H groups in total. The predicted octanol–water partition coefficient (Wildman–Crippen LogP) is 2.89. The first-order valence-electron chi connectivity index (χ1n) is 9.76. The van der Waals surface area contributed by atoms with E-state index in [2.05, 4.69) is 41.0 Å². The lowest BCUT2D eigenvalue weighted by atomic mass is 10.1. The minimum atomic E-state index is 0.791. The smallest absolute Gasteiger partial charge is 0.194 e. The Labute approximate surface area is 152 Å². The molecule has 0 aromatic carbocycles. The van der Waals surface area contributed by atoms with E-state index < -0.39 is 0 Å². The molecule has 0 radical (unpaired) electrons. The average Bonchev–Trinajstić information content (AvgIpc) is 2.99. The van der Waals surface area contributed by atoms with Gasteiger partial charge in [-0.25, -0.2) is 0 Å². The standard InChI is InChI=1S/C19H35N5O/c1-5-20-19(21-9-7-6-8-16(2)3)24-12-10-23(11-13-24)15-18-14-17(4)25-22-18/h14,16H,5-13,15H2,1-4H3,(H,20,21). The fourth-order valence-electron chi connectivity index (χ4n) is 3.11. The molecule has 0 atom stereocenters. The Bertz CT molecular complexity index is 518. The summed E-state index contributed by atoms with van der Waals surface area (Å²) in [5.74, 6) is 2.75. The van der Waals surface area contributed by atoms with Gasteiger partial charge in [0.2, 0.25) is 0 Å². The van der Waals surface area contributed by atoms with Crippen LogP contribution in [0, 0.1) is 12.8 Å². The summed E-state index contributed by atoms with van der Waals surface area (Å²) in [5, 5.41) is 7.55. The van der Waals surface area contributed by atoms with E-state index in [-0.39, 0.29) is 0 Å². The molecule has 1 aromatic heterocycles. The summed E-state index contributed by atoms with van der Waals surface area (Å²) in [7, 11) is 0. The maximum absolute atomic E-state index is 5.16. The molecule has 1 aromatic rings. The second-order valence-corrected chi connectivity index (χ2v) is 7.32. The van der Waals surface area contributed by atoms with Crippen molar-refractivity contribution >= 4 is 5.96 Å². The Balaban J connectivity index is 1.76. The lowest BCUT2D eigenvalue weighted by molar-refractivity contribution is 0.169. The molecule has 1 saturated heterocycles. The second kappa shape index (κ2) is 10.4. The molecule has 2 heterocycles. The van der Waals surface area contributed by atoms with Crippen LogP contribution >= 0.6 is 0 Å². The zero-order valence-corrected chi connectivity index (χ0v) is 16.4. The molecule has 0 spiro atoms. The summed E-state index contributed by atoms with van der Waals surface area (Å²) < 4.78 is 5.16. The minimum absolute atomic E-state index is 0.791. The van der Waals surface area contributed by atoms with E-state index >= 15 is 0 Å². The van der Waals surface area contributed by atoms with E-state index in [0.717, 1.165) is 69.1 Å². The molecule has 0 saturated carbocycles. The third-order valence-electron chi connectivity index (χ3n) is 4.52. The van der Waals surface area contributed by atoms with E-state index in [9.17, 15) is 0 Å². The van der Waals surface area contributed by atoms with Crippen molar-refractivity contribution in [3.05, 3.63) is 17.5 Å². The molecular formula is C19H35N5O. The lowest BCUT2D eigenvalue weighted by Gasteiger charge is -2.36. The Morgan fingerprint density at radius 3 is 2.64 bits per heavy atom. The Hall–Kier alpha value is -1.56. The first-order chi connectivity index (χ1) is 12.1. The first-order valence-corrected chi connectivity index (χ1v) is 9.76. The maximum Gasteiger partial charge on any atom is 0.194 e. The van der Waals surface area contributed by atoms with Gasteiger partial charge in [-0.1, -0.05) is 31.8 Å². The molecule has 6 heteroatoms. The van der Waals surface area contributed by atoms with Gasteiger partial charge >= 0.3 is 0 Å². The first kappa shape index (κ1) is 19.8. The van der Waals surface area contributed by atoms with Crippen LogP contribution in [0.3, 0.4) is 0 Å². The zero-order valence-electron chi connectivity index (χ0n) is 16.4. The fourth-order valence-corrected chi connectivity index (χ4v) is 3.11. The van der Waals surface area contributed by atoms with Gasteiger partial charge in [0.1, 0.15) is 5.76 Å². The summed E-state index contributed by atoms with van der Waals surface area (Å²) in [6.07, 6.45) is 3.75. The van der Waals surface area contributed by atoms with Gasteiger partial charge in [0.15, 0.2) is 5.96 Å². The summed E-state index contributed by atoms with van der Waals surface area (Å²) in [5.41, 5.74) is 1.02. The van der Waals surface area contributed by atoms with Crippen molar-refractivity contribution in [3.63, 3.8) is 0 Å². The Kier molecular flexibility index (Phi) is 8.25. The number of rotatable bonds is 8. The molecule has 1 aliphatic heterocycles. The summed E-state index contributed by atoms with van der Waals surface area (Å²) in [6, 6.07) is 2.02. The Morgan fingerprint density at radius 1 is 1.28 bits per heavy atom. The molecule has 142 valence electrons. The van der Waals surface area contributed by atoms with Crippen LogP contribution in [0.2, 0.25) is 0 Å². The molecule has 1 fully saturated rings. The highest BCUT2D eigenvalue weighted by atomic mass is 16.5. The number of aliphatic imine (C=N–C) groups is 1. The number of nitrogens with one attached hydrogen (secondary N) is 1. The summed E-state index contributed by atoms with van der Waals surface area (Å²) in [4.78, 5) is 9.65. The van der Waals surface area contributed by atoms with Crippen LogP contribution in [0.4, 0.5) is 0 Å². The van der Waals surface area contributed by atoms with Gasteiger partial charge in [-0.15, -0.1) is 0 Å². The highest BCUT2D eigenvalue weighted by molar-refractivity contribution is 5.80. The van der Waals surface area contributed by atoms with Crippen LogP contribution in [0.1, 0.15) is 51.5 Å². The van der Waals surface area contributed by atoms with Crippen molar-refractivity contribution < 1.29 is 4.52 Å². The largest absolute Gasteiger partial charge is 0.361 e. The van der Waals surface area contributed by atoms with Gasteiger partial charge in [-0.2, -0.15) is 0 Å². The van der Waals surface area contributed by atoms with E-state index in [0.29, 0.717) is 0 Å². The molecule has 6 nitrogen and oxygen atoms in total. The SMILES string of the molecule is CCNC(=NCCCCC(C)C)N1CCN(Cc2cc(C)on2)CC1. The van der Waals surface area contributed by atoms with E-state index in [1.165, 1.54) is 19.3 Å². The van der Waals surface area contributed by atoms with Crippen LogP contribution < -0.4 is 5.32 Å². The number of unbranched alkanes of at least 4 members (excludes halogenated alkanes) is 1. The molecular weight excluding hydrogens is 314 g/mol. The van der Waals surface area contributed by atoms with Gasteiger partial charge < -0.3 is 14.7 Å². The number of nitrogens with zero attached hydrogens (tertiary/aromatic N) is 4. The second-order valence-electron chi connectivity index (χ2n) is 7.32. The van der Waals surface area contributed by atoms with Gasteiger partial charge in [-0.05, 0) is 26.2 Å². The van der Waals surface area contributed by atoms with Gasteiger partial charge in [-0.3, -0.25) is 9.89 Å². The maximum atomic E-state index is 5.16. The molecule has 0 unspecified atom stereocenters. The van der Waals surface area contributed by atoms with E-state index in [1.807, 2.05) is 13.0 Å². The van der Waals surface area contributed by atoms with E-state index in [4.69, 9.17) is 9.52 Å². The molecule has 0 amide bonds. The molecule has 25 heavy (non-hydrogen) atoms. The average molecular weight is 350 g/mol. The van der Waals surface area contributed by atoms with Gasteiger partial charge in [0.25, 0.3) is 0 Å². The van der Waals surface area contributed by atoms with Crippen LogP contribution in [0.5, 0.6) is 0 Å². The van der Waals surface area contributed by atoms with Crippen molar-refractivity contribution in [2.75, 3.05) is 39.3 Å². The van der Waals surface area contributed by atoms with Crippen molar-refractivity contribution in [3.8, 4) is 0 Å².